The van der Waals surface area contributed by atoms with Crippen LogP contribution in [-0.2, 0) is 17.8 Å². The topological polar surface area (TPSA) is 82.5 Å². The Balaban J connectivity index is 1.44. The van der Waals surface area contributed by atoms with Crippen molar-refractivity contribution in [3.05, 3.63) is 88.7 Å². The molecule has 0 saturated heterocycles. The van der Waals surface area contributed by atoms with Crippen LogP contribution in [0.15, 0.2) is 77.6 Å². The predicted octanol–water partition coefficient (Wildman–Crippen LogP) is 3.44. The van der Waals surface area contributed by atoms with E-state index in [1.54, 1.807) is 20.3 Å². The number of methoxy groups -OCH3 is 2. The maximum atomic E-state index is 12.5. The summed E-state index contributed by atoms with van der Waals surface area (Å²) < 4.78 is 11.8. The van der Waals surface area contributed by atoms with Gasteiger partial charge in [0.25, 0.3) is 5.56 Å². The third-order valence-corrected chi connectivity index (χ3v) is 5.41. The number of nitrogens with zero attached hydrogens (tertiary/aromatic N) is 2. The average molecular weight is 444 g/mol. The number of rotatable bonds is 8. The molecule has 7 heteroatoms. The zero-order chi connectivity index (χ0) is 23.2. The lowest BCUT2D eigenvalue weighted by Crippen LogP contribution is -2.34. The molecule has 168 valence electrons. The van der Waals surface area contributed by atoms with E-state index >= 15 is 0 Å². The van der Waals surface area contributed by atoms with Crippen LogP contribution < -0.4 is 20.3 Å². The first-order chi connectivity index (χ1) is 16.1. The van der Waals surface area contributed by atoms with Gasteiger partial charge in [0, 0.05) is 18.2 Å². The van der Waals surface area contributed by atoms with Crippen molar-refractivity contribution in [2.24, 2.45) is 0 Å². The Kier molecular flexibility index (Phi) is 6.69. The van der Waals surface area contributed by atoms with Gasteiger partial charge in [-0.3, -0.25) is 9.59 Å². The number of aromatic nitrogens is 2. The number of carbonyl (C=O) groups is 1. The number of hydrogen-bond acceptors (Lipinski definition) is 5. The summed E-state index contributed by atoms with van der Waals surface area (Å²) in [7, 11) is 3.17. The number of fused-ring (bicyclic) bond motifs is 1. The van der Waals surface area contributed by atoms with Crippen LogP contribution in [0.3, 0.4) is 0 Å². The van der Waals surface area contributed by atoms with Crippen LogP contribution in [0.2, 0.25) is 0 Å². The van der Waals surface area contributed by atoms with Crippen molar-refractivity contribution in [3.63, 3.8) is 0 Å². The summed E-state index contributed by atoms with van der Waals surface area (Å²) in [4.78, 5) is 24.8. The SMILES string of the molecule is COc1ccc(CCNC(=O)Cn2nc(-c3cccc4ccccc34)ccc2=O)cc1OC. The van der Waals surface area contributed by atoms with Gasteiger partial charge in [-0.05, 0) is 41.0 Å². The highest BCUT2D eigenvalue weighted by atomic mass is 16.5. The third kappa shape index (κ3) is 5.03. The van der Waals surface area contributed by atoms with Crippen molar-refractivity contribution in [2.45, 2.75) is 13.0 Å². The van der Waals surface area contributed by atoms with Crippen LogP contribution in [0.4, 0.5) is 0 Å². The van der Waals surface area contributed by atoms with Crippen LogP contribution >= 0.6 is 0 Å². The number of benzene rings is 3. The fourth-order valence-corrected chi connectivity index (χ4v) is 3.73. The summed E-state index contributed by atoms with van der Waals surface area (Å²) in [6.45, 7) is 0.273. The molecule has 0 fully saturated rings. The van der Waals surface area contributed by atoms with Gasteiger partial charge in [0.05, 0.1) is 19.9 Å². The van der Waals surface area contributed by atoms with Gasteiger partial charge in [-0.15, -0.1) is 0 Å². The summed E-state index contributed by atoms with van der Waals surface area (Å²) in [6.07, 6.45) is 0.616. The van der Waals surface area contributed by atoms with Crippen LogP contribution in [0.5, 0.6) is 11.5 Å². The lowest BCUT2D eigenvalue weighted by atomic mass is 10.0. The first-order valence-electron chi connectivity index (χ1n) is 10.6. The molecule has 1 heterocycles. The Bertz CT molecular complexity index is 1340. The van der Waals surface area contributed by atoms with Gasteiger partial charge >= 0.3 is 0 Å². The van der Waals surface area contributed by atoms with Crippen LogP contribution in [0.1, 0.15) is 5.56 Å². The average Bonchev–Trinajstić information content (AvgIpc) is 2.85. The van der Waals surface area contributed by atoms with Crippen molar-refractivity contribution in [1.82, 2.24) is 15.1 Å². The van der Waals surface area contributed by atoms with E-state index < -0.39 is 0 Å². The molecule has 0 spiro atoms. The molecule has 0 unspecified atom stereocenters. The van der Waals surface area contributed by atoms with Gasteiger partial charge in [0.1, 0.15) is 6.54 Å². The van der Waals surface area contributed by atoms with Crippen molar-refractivity contribution >= 4 is 16.7 Å². The molecule has 0 saturated carbocycles. The zero-order valence-electron chi connectivity index (χ0n) is 18.6. The first kappa shape index (κ1) is 22.1. The smallest absolute Gasteiger partial charge is 0.267 e. The second-order valence-electron chi connectivity index (χ2n) is 7.53. The van der Waals surface area contributed by atoms with E-state index in [4.69, 9.17) is 9.47 Å². The van der Waals surface area contributed by atoms with Crippen molar-refractivity contribution in [1.29, 1.82) is 0 Å². The number of ether oxygens (including phenoxy) is 2. The predicted molar refractivity (Wildman–Crippen MR) is 128 cm³/mol. The Morgan fingerprint density at radius 2 is 1.73 bits per heavy atom. The van der Waals surface area contributed by atoms with E-state index in [2.05, 4.69) is 10.4 Å². The molecule has 0 aliphatic heterocycles. The Labute approximate surface area is 191 Å². The maximum absolute atomic E-state index is 12.5. The first-order valence-corrected chi connectivity index (χ1v) is 10.6. The van der Waals surface area contributed by atoms with Gasteiger partial charge in [-0.2, -0.15) is 5.10 Å². The van der Waals surface area contributed by atoms with Gasteiger partial charge in [-0.25, -0.2) is 4.68 Å². The van der Waals surface area contributed by atoms with E-state index in [0.29, 0.717) is 30.2 Å². The lowest BCUT2D eigenvalue weighted by Gasteiger charge is -2.11. The number of hydrogen-bond donors (Lipinski definition) is 1. The summed E-state index contributed by atoms with van der Waals surface area (Å²) in [5.74, 6) is 1.02. The summed E-state index contributed by atoms with van der Waals surface area (Å²) in [5.41, 5.74) is 2.23. The molecule has 33 heavy (non-hydrogen) atoms. The van der Waals surface area contributed by atoms with Gasteiger partial charge < -0.3 is 14.8 Å². The molecule has 0 atom stereocenters. The fourth-order valence-electron chi connectivity index (χ4n) is 3.73. The summed E-state index contributed by atoms with van der Waals surface area (Å²) >= 11 is 0. The molecule has 1 amide bonds. The Morgan fingerprint density at radius 1 is 0.939 bits per heavy atom. The number of amides is 1. The van der Waals surface area contributed by atoms with E-state index in [-0.39, 0.29) is 18.0 Å². The summed E-state index contributed by atoms with van der Waals surface area (Å²) in [6, 6.07) is 22.7. The fraction of sp³-hybridized carbons (Fsp3) is 0.192. The van der Waals surface area contributed by atoms with E-state index in [0.717, 1.165) is 21.9 Å². The maximum Gasteiger partial charge on any atom is 0.267 e. The second-order valence-corrected chi connectivity index (χ2v) is 7.53. The minimum Gasteiger partial charge on any atom is -0.493 e. The zero-order valence-corrected chi connectivity index (χ0v) is 18.6. The minimum absolute atomic E-state index is 0.149. The largest absolute Gasteiger partial charge is 0.493 e. The highest BCUT2D eigenvalue weighted by molar-refractivity contribution is 5.95. The van der Waals surface area contributed by atoms with E-state index in [1.807, 2.05) is 60.7 Å². The highest BCUT2D eigenvalue weighted by Crippen LogP contribution is 2.28. The van der Waals surface area contributed by atoms with Crippen molar-refractivity contribution < 1.29 is 14.3 Å². The third-order valence-electron chi connectivity index (χ3n) is 5.41. The Hall–Kier alpha value is -4.13. The normalized spacial score (nSPS) is 10.7. The quantitative estimate of drug-likeness (QED) is 0.451. The summed E-state index contributed by atoms with van der Waals surface area (Å²) in [5, 5.41) is 9.43. The van der Waals surface area contributed by atoms with Gasteiger partial charge in [0.2, 0.25) is 5.91 Å². The molecule has 1 aromatic heterocycles. The molecule has 0 radical (unpaired) electrons. The molecule has 7 nitrogen and oxygen atoms in total. The molecular weight excluding hydrogens is 418 g/mol. The van der Waals surface area contributed by atoms with Crippen LogP contribution in [0.25, 0.3) is 22.0 Å². The van der Waals surface area contributed by atoms with Gasteiger partial charge in [-0.1, -0.05) is 48.5 Å². The molecular formula is C26H25N3O4. The molecule has 0 bridgehead atoms. The number of nitrogens with one attached hydrogen (secondary N) is 1. The molecule has 4 rings (SSSR count). The van der Waals surface area contributed by atoms with Gasteiger partial charge in [0.15, 0.2) is 11.5 Å². The van der Waals surface area contributed by atoms with E-state index in [9.17, 15) is 9.59 Å². The highest BCUT2D eigenvalue weighted by Gasteiger charge is 2.10. The Morgan fingerprint density at radius 3 is 2.55 bits per heavy atom. The monoisotopic (exact) mass is 443 g/mol. The van der Waals surface area contributed by atoms with E-state index in [1.165, 1.54) is 10.7 Å². The minimum atomic E-state index is -0.325. The molecule has 3 aromatic carbocycles. The van der Waals surface area contributed by atoms with Crippen LogP contribution in [0, 0.1) is 0 Å². The lowest BCUT2D eigenvalue weighted by molar-refractivity contribution is -0.121. The van der Waals surface area contributed by atoms with Crippen molar-refractivity contribution in [2.75, 3.05) is 20.8 Å². The van der Waals surface area contributed by atoms with Crippen molar-refractivity contribution in [3.8, 4) is 22.8 Å². The molecule has 0 aliphatic carbocycles. The second kappa shape index (κ2) is 9.99. The number of carbonyl (C=O) groups excluding carboxylic acids is 1. The molecule has 0 aliphatic rings. The molecule has 1 N–H and O–H groups in total. The molecule has 4 aromatic rings. The standard InChI is InChI=1S/C26H25N3O4/c1-32-23-12-10-18(16-24(23)33-2)14-15-27-25(30)17-29-26(31)13-11-22(28-29)21-9-5-7-19-6-3-4-8-20(19)21/h3-13,16H,14-15,17H2,1-2H3,(H,27,30). The van der Waals surface area contributed by atoms with Crippen LogP contribution in [-0.4, -0.2) is 36.5 Å².